The molecule has 0 bridgehead atoms. The van der Waals surface area contributed by atoms with Gasteiger partial charge in [-0.05, 0) is 38.1 Å². The summed E-state index contributed by atoms with van der Waals surface area (Å²) in [6.07, 6.45) is 0.380. The number of hydrogen-bond acceptors (Lipinski definition) is 2. The minimum atomic E-state index is -0.369. The monoisotopic (exact) mass is 285 g/mol. The maximum absolute atomic E-state index is 13.1. The first-order valence-electron chi connectivity index (χ1n) is 7.20. The van der Waals surface area contributed by atoms with Crippen LogP contribution in [0.3, 0.4) is 0 Å². The van der Waals surface area contributed by atoms with Gasteiger partial charge < -0.3 is 4.90 Å². The fraction of sp³-hybridized carbons (Fsp3) is 0.278. The summed E-state index contributed by atoms with van der Waals surface area (Å²) in [6, 6.07) is 14.1. The van der Waals surface area contributed by atoms with Crippen molar-refractivity contribution in [3.8, 4) is 0 Å². The van der Waals surface area contributed by atoms with E-state index in [1.54, 1.807) is 12.1 Å². The molecule has 2 aromatic rings. The van der Waals surface area contributed by atoms with E-state index in [0.717, 1.165) is 12.2 Å². The first-order chi connectivity index (χ1) is 10.1. The third kappa shape index (κ3) is 4.15. The summed E-state index contributed by atoms with van der Waals surface area (Å²) in [5.41, 5.74) is 2.76. The zero-order valence-corrected chi connectivity index (χ0v) is 12.5. The number of aryl methyl sites for hydroxylation is 1. The maximum Gasteiger partial charge on any atom is 0.164 e. The van der Waals surface area contributed by atoms with Crippen LogP contribution in [0.4, 0.5) is 10.1 Å². The van der Waals surface area contributed by atoms with E-state index in [9.17, 15) is 9.18 Å². The van der Waals surface area contributed by atoms with Gasteiger partial charge in [-0.15, -0.1) is 0 Å². The molecule has 2 rings (SSSR count). The van der Waals surface area contributed by atoms with E-state index in [-0.39, 0.29) is 11.6 Å². The minimum absolute atomic E-state index is 0.0277. The van der Waals surface area contributed by atoms with Gasteiger partial charge in [0, 0.05) is 30.8 Å². The molecule has 21 heavy (non-hydrogen) atoms. The molecule has 0 amide bonds. The Morgan fingerprint density at radius 1 is 1.14 bits per heavy atom. The second-order valence-electron chi connectivity index (χ2n) is 5.10. The molecule has 0 radical (unpaired) electrons. The lowest BCUT2D eigenvalue weighted by molar-refractivity contribution is 0.0984. The van der Waals surface area contributed by atoms with Gasteiger partial charge >= 0.3 is 0 Å². The van der Waals surface area contributed by atoms with Gasteiger partial charge in [-0.25, -0.2) is 4.39 Å². The summed E-state index contributed by atoms with van der Waals surface area (Å²) in [5, 5.41) is 0. The van der Waals surface area contributed by atoms with Crippen molar-refractivity contribution in [2.45, 2.75) is 20.3 Å². The molecule has 0 aromatic heterocycles. The molecule has 0 unspecified atom stereocenters. The maximum atomic E-state index is 13.1. The highest BCUT2D eigenvalue weighted by atomic mass is 19.1. The van der Waals surface area contributed by atoms with Crippen LogP contribution in [0.5, 0.6) is 0 Å². The Balaban J connectivity index is 2.00. The lowest BCUT2D eigenvalue weighted by atomic mass is 10.1. The fourth-order valence-electron chi connectivity index (χ4n) is 2.27. The average Bonchev–Trinajstić information content (AvgIpc) is 2.49. The number of Topliss-reactive ketones (excluding diaryl/α,β-unsaturated/α-hetero) is 1. The van der Waals surface area contributed by atoms with Crippen molar-refractivity contribution in [2.24, 2.45) is 0 Å². The molecule has 2 nitrogen and oxygen atoms in total. The molecule has 0 spiro atoms. The predicted molar refractivity (Wildman–Crippen MR) is 84.4 cm³/mol. The van der Waals surface area contributed by atoms with Gasteiger partial charge in [0.25, 0.3) is 0 Å². The summed E-state index contributed by atoms with van der Waals surface area (Å²) in [4.78, 5) is 14.3. The predicted octanol–water partition coefficient (Wildman–Crippen LogP) is 4.23. The molecule has 3 heteroatoms. The molecule has 0 atom stereocenters. The highest BCUT2D eigenvalue weighted by Crippen LogP contribution is 2.16. The third-order valence-corrected chi connectivity index (χ3v) is 3.54. The Labute approximate surface area is 125 Å². The number of halogens is 1. The topological polar surface area (TPSA) is 20.3 Å². The number of rotatable bonds is 6. The van der Waals surface area contributed by atoms with Crippen LogP contribution in [-0.2, 0) is 0 Å². The summed E-state index contributed by atoms with van der Waals surface area (Å²) < 4.78 is 13.1. The van der Waals surface area contributed by atoms with Crippen molar-refractivity contribution in [3.05, 3.63) is 65.5 Å². The first kappa shape index (κ1) is 15.2. The summed E-state index contributed by atoms with van der Waals surface area (Å²) >= 11 is 0. The van der Waals surface area contributed by atoms with Crippen LogP contribution in [0.2, 0.25) is 0 Å². The Morgan fingerprint density at radius 2 is 1.86 bits per heavy atom. The zero-order chi connectivity index (χ0) is 15.2. The van der Waals surface area contributed by atoms with Crippen molar-refractivity contribution < 1.29 is 9.18 Å². The van der Waals surface area contributed by atoms with Crippen molar-refractivity contribution in [3.63, 3.8) is 0 Å². The van der Waals surface area contributed by atoms with Crippen LogP contribution < -0.4 is 4.90 Å². The van der Waals surface area contributed by atoms with Crippen LogP contribution in [0.15, 0.2) is 48.5 Å². The molecule has 0 N–H and O–H groups in total. The van der Waals surface area contributed by atoms with E-state index in [1.807, 2.05) is 6.92 Å². The molecule has 0 aliphatic carbocycles. The molecule has 0 heterocycles. The molecule has 0 fully saturated rings. The van der Waals surface area contributed by atoms with E-state index < -0.39 is 0 Å². The molecular formula is C18H20FNO. The Bertz CT molecular complexity index is 607. The SMILES string of the molecule is CCN(CCC(=O)c1cccc(F)c1)c1ccc(C)cc1. The molecule has 110 valence electrons. The number of ketones is 1. The lowest BCUT2D eigenvalue weighted by Gasteiger charge is -2.23. The van der Waals surface area contributed by atoms with Gasteiger partial charge in [-0.3, -0.25) is 4.79 Å². The van der Waals surface area contributed by atoms with E-state index in [0.29, 0.717) is 18.5 Å². The highest BCUT2D eigenvalue weighted by molar-refractivity contribution is 5.96. The summed E-state index contributed by atoms with van der Waals surface area (Å²) in [7, 11) is 0. The highest BCUT2D eigenvalue weighted by Gasteiger charge is 2.10. The number of nitrogens with zero attached hydrogens (tertiary/aromatic N) is 1. The smallest absolute Gasteiger partial charge is 0.164 e. The van der Waals surface area contributed by atoms with E-state index in [2.05, 4.69) is 36.1 Å². The zero-order valence-electron chi connectivity index (χ0n) is 12.5. The normalized spacial score (nSPS) is 10.4. The van der Waals surface area contributed by atoms with Gasteiger partial charge in [-0.1, -0.05) is 29.8 Å². The van der Waals surface area contributed by atoms with Crippen LogP contribution in [-0.4, -0.2) is 18.9 Å². The summed E-state index contributed by atoms with van der Waals surface area (Å²) in [6.45, 7) is 5.58. The van der Waals surface area contributed by atoms with Gasteiger partial charge in [0.1, 0.15) is 5.82 Å². The first-order valence-corrected chi connectivity index (χ1v) is 7.20. The number of hydrogen-bond donors (Lipinski definition) is 0. The number of anilines is 1. The van der Waals surface area contributed by atoms with Crippen LogP contribution in [0, 0.1) is 12.7 Å². The van der Waals surface area contributed by atoms with Gasteiger partial charge in [-0.2, -0.15) is 0 Å². The van der Waals surface area contributed by atoms with Crippen LogP contribution in [0.1, 0.15) is 29.3 Å². The molecule has 0 saturated heterocycles. The standard InChI is InChI=1S/C18H20FNO/c1-3-20(17-9-7-14(2)8-10-17)12-11-18(21)15-5-4-6-16(19)13-15/h4-10,13H,3,11-12H2,1-2H3. The van der Waals surface area contributed by atoms with Crippen LogP contribution >= 0.6 is 0 Å². The van der Waals surface area contributed by atoms with Gasteiger partial charge in [0.05, 0.1) is 0 Å². The van der Waals surface area contributed by atoms with Gasteiger partial charge in [0.15, 0.2) is 5.78 Å². The largest absolute Gasteiger partial charge is 0.371 e. The second-order valence-corrected chi connectivity index (χ2v) is 5.10. The number of benzene rings is 2. The molecule has 0 saturated carbocycles. The van der Waals surface area contributed by atoms with Crippen LogP contribution in [0.25, 0.3) is 0 Å². The second kappa shape index (κ2) is 7.02. The van der Waals surface area contributed by atoms with E-state index >= 15 is 0 Å². The lowest BCUT2D eigenvalue weighted by Crippen LogP contribution is -2.25. The van der Waals surface area contributed by atoms with Crippen molar-refractivity contribution in [1.82, 2.24) is 0 Å². The number of carbonyl (C=O) groups excluding carboxylic acids is 1. The average molecular weight is 285 g/mol. The van der Waals surface area contributed by atoms with Crippen molar-refractivity contribution >= 4 is 11.5 Å². The molecular weight excluding hydrogens is 265 g/mol. The van der Waals surface area contributed by atoms with Crippen molar-refractivity contribution in [1.29, 1.82) is 0 Å². The Hall–Kier alpha value is -2.16. The third-order valence-electron chi connectivity index (χ3n) is 3.54. The van der Waals surface area contributed by atoms with E-state index in [4.69, 9.17) is 0 Å². The quantitative estimate of drug-likeness (QED) is 0.740. The molecule has 2 aromatic carbocycles. The Morgan fingerprint density at radius 3 is 2.48 bits per heavy atom. The molecule has 0 aliphatic heterocycles. The van der Waals surface area contributed by atoms with E-state index in [1.165, 1.54) is 17.7 Å². The molecule has 0 aliphatic rings. The van der Waals surface area contributed by atoms with Gasteiger partial charge in [0.2, 0.25) is 0 Å². The Kier molecular flexibility index (Phi) is 5.09. The van der Waals surface area contributed by atoms with Crippen molar-refractivity contribution in [2.75, 3.05) is 18.0 Å². The summed E-state index contributed by atoms with van der Waals surface area (Å²) in [5.74, 6) is -0.396. The minimum Gasteiger partial charge on any atom is -0.371 e. The fourth-order valence-corrected chi connectivity index (χ4v) is 2.27. The number of carbonyl (C=O) groups is 1.